The molecule has 1 saturated carbocycles. The molecule has 0 atom stereocenters. The van der Waals surface area contributed by atoms with Crippen molar-refractivity contribution >= 4 is 17.3 Å². The van der Waals surface area contributed by atoms with E-state index < -0.39 is 4.92 Å². The van der Waals surface area contributed by atoms with Gasteiger partial charge >= 0.3 is 0 Å². The fraction of sp³-hybridized carbons (Fsp3) is 0.545. The maximum absolute atomic E-state index is 10.8. The Labute approximate surface area is 110 Å². The first-order valence-electron chi connectivity index (χ1n) is 6.13. The molecule has 0 saturated heterocycles. The summed E-state index contributed by atoms with van der Waals surface area (Å²) in [6.45, 7) is 2.66. The molecule has 0 aromatic carbocycles. The van der Waals surface area contributed by atoms with E-state index >= 15 is 0 Å². The van der Waals surface area contributed by atoms with Crippen LogP contribution in [0, 0.1) is 10.1 Å². The van der Waals surface area contributed by atoms with Gasteiger partial charge in [0.25, 0.3) is 5.69 Å². The molecule has 1 aromatic rings. The molecule has 4 N–H and O–H groups in total. The normalized spacial score (nSPS) is 21.6. The van der Waals surface area contributed by atoms with Gasteiger partial charge in [-0.3, -0.25) is 10.1 Å². The molecule has 0 amide bonds. The Morgan fingerprint density at radius 2 is 2.21 bits per heavy atom. The number of nitro groups is 1. The zero-order valence-electron chi connectivity index (χ0n) is 10.6. The highest BCUT2D eigenvalue weighted by Gasteiger charge is 2.30. The number of pyridine rings is 1. The summed E-state index contributed by atoms with van der Waals surface area (Å²) in [4.78, 5) is 14.4. The average Bonchev–Trinajstić information content (AvgIpc) is 2.35. The van der Waals surface area contributed by atoms with Gasteiger partial charge in [-0.15, -0.1) is 0 Å². The summed E-state index contributed by atoms with van der Waals surface area (Å²) in [5, 5.41) is 13.9. The van der Waals surface area contributed by atoms with Crippen LogP contribution in [-0.4, -0.2) is 28.7 Å². The molecule has 1 aliphatic carbocycles. The average molecular weight is 267 g/mol. The third-order valence-corrected chi connectivity index (χ3v) is 3.02. The fourth-order valence-electron chi connectivity index (χ4n) is 2.03. The van der Waals surface area contributed by atoms with Crippen LogP contribution in [0.4, 0.5) is 17.3 Å². The number of anilines is 2. The summed E-state index contributed by atoms with van der Waals surface area (Å²) in [5.41, 5.74) is 2.27. The van der Waals surface area contributed by atoms with Crippen molar-refractivity contribution in [3.63, 3.8) is 0 Å². The van der Waals surface area contributed by atoms with E-state index in [1.54, 1.807) is 0 Å². The number of aromatic nitrogens is 1. The van der Waals surface area contributed by atoms with Gasteiger partial charge in [0.2, 0.25) is 0 Å². The molecule has 0 spiro atoms. The van der Waals surface area contributed by atoms with Crippen molar-refractivity contribution in [3.05, 3.63) is 22.2 Å². The highest BCUT2D eigenvalue weighted by atomic mass is 16.6. The summed E-state index contributed by atoms with van der Waals surface area (Å²) in [7, 11) is 0. The minimum atomic E-state index is -0.475. The van der Waals surface area contributed by atoms with Gasteiger partial charge in [0.15, 0.2) is 0 Å². The molecule has 1 aliphatic rings. The Morgan fingerprint density at radius 1 is 1.53 bits per heavy atom. The quantitative estimate of drug-likeness (QED) is 0.403. The summed E-state index contributed by atoms with van der Waals surface area (Å²) in [5.74, 6) is 5.95. The topological polar surface area (TPSA) is 115 Å². The lowest BCUT2D eigenvalue weighted by atomic mass is 9.89. The maximum Gasteiger partial charge on any atom is 0.276 e. The van der Waals surface area contributed by atoms with E-state index in [0.29, 0.717) is 12.4 Å². The molecule has 0 aliphatic heterocycles. The molecular formula is C11H17N5O3. The van der Waals surface area contributed by atoms with Crippen LogP contribution in [0.15, 0.2) is 12.1 Å². The number of ether oxygens (including phenoxy) is 1. The van der Waals surface area contributed by atoms with Crippen molar-refractivity contribution in [2.75, 3.05) is 17.3 Å². The monoisotopic (exact) mass is 267 g/mol. The number of nitrogens with one attached hydrogen (secondary N) is 2. The van der Waals surface area contributed by atoms with Crippen LogP contribution in [-0.2, 0) is 4.74 Å². The molecule has 104 valence electrons. The molecule has 19 heavy (non-hydrogen) atoms. The van der Waals surface area contributed by atoms with Crippen LogP contribution in [0.2, 0.25) is 0 Å². The van der Waals surface area contributed by atoms with Crippen LogP contribution in [0.1, 0.15) is 19.8 Å². The number of hydrogen-bond donors (Lipinski definition) is 3. The maximum atomic E-state index is 10.8. The first-order valence-corrected chi connectivity index (χ1v) is 6.13. The second-order valence-electron chi connectivity index (χ2n) is 4.39. The molecule has 0 bridgehead atoms. The molecule has 1 heterocycles. The summed E-state index contributed by atoms with van der Waals surface area (Å²) < 4.78 is 5.45. The van der Waals surface area contributed by atoms with Gasteiger partial charge in [-0.05, 0) is 19.8 Å². The highest BCUT2D eigenvalue weighted by molar-refractivity contribution is 5.54. The van der Waals surface area contributed by atoms with Gasteiger partial charge < -0.3 is 15.5 Å². The van der Waals surface area contributed by atoms with Gasteiger partial charge in [-0.2, -0.15) is 0 Å². The van der Waals surface area contributed by atoms with Gasteiger partial charge in [0, 0.05) is 12.6 Å². The number of nitrogens with two attached hydrogens (primary N) is 1. The predicted octanol–water partition coefficient (Wildman–Crippen LogP) is 1.25. The minimum Gasteiger partial charge on any atom is -0.378 e. The number of nitrogens with zero attached hydrogens (tertiary/aromatic N) is 2. The lowest BCUT2D eigenvalue weighted by Gasteiger charge is -2.35. The summed E-state index contributed by atoms with van der Waals surface area (Å²) >= 11 is 0. The molecule has 8 heteroatoms. The van der Waals surface area contributed by atoms with Gasteiger partial charge in [0.05, 0.1) is 23.2 Å². The number of hydrazine groups is 1. The van der Waals surface area contributed by atoms with E-state index in [4.69, 9.17) is 10.6 Å². The highest BCUT2D eigenvalue weighted by Crippen LogP contribution is 2.28. The molecule has 8 nitrogen and oxygen atoms in total. The van der Waals surface area contributed by atoms with E-state index in [1.165, 1.54) is 12.1 Å². The van der Waals surface area contributed by atoms with Gasteiger partial charge in [-0.1, -0.05) is 0 Å². The van der Waals surface area contributed by atoms with Crippen molar-refractivity contribution in [1.29, 1.82) is 0 Å². The Kier molecular flexibility index (Phi) is 4.13. The molecular weight excluding hydrogens is 250 g/mol. The first-order chi connectivity index (χ1) is 9.12. The molecule has 0 unspecified atom stereocenters. The SMILES string of the molecule is CCOC1CC(Nc2cc([N+](=O)[O-])cc(NN)n2)C1. The molecule has 1 fully saturated rings. The number of nitrogen functional groups attached to an aromatic ring is 1. The lowest BCUT2D eigenvalue weighted by Crippen LogP contribution is -2.41. The van der Waals surface area contributed by atoms with Crippen molar-refractivity contribution in [3.8, 4) is 0 Å². The zero-order chi connectivity index (χ0) is 13.8. The molecule has 0 radical (unpaired) electrons. The van der Waals surface area contributed by atoms with Gasteiger partial charge in [-0.25, -0.2) is 10.8 Å². The minimum absolute atomic E-state index is 0.0499. The fourth-order valence-corrected chi connectivity index (χ4v) is 2.03. The number of rotatable bonds is 6. The smallest absolute Gasteiger partial charge is 0.276 e. The van der Waals surface area contributed by atoms with E-state index in [9.17, 15) is 10.1 Å². The number of hydrogen-bond acceptors (Lipinski definition) is 7. The zero-order valence-corrected chi connectivity index (χ0v) is 10.6. The molecule has 2 rings (SSSR count). The Hall–Kier alpha value is -1.93. The van der Waals surface area contributed by atoms with Crippen molar-refractivity contribution in [2.45, 2.75) is 31.9 Å². The predicted molar refractivity (Wildman–Crippen MR) is 70.8 cm³/mol. The molecule has 1 aromatic heterocycles. The Morgan fingerprint density at radius 3 is 2.79 bits per heavy atom. The van der Waals surface area contributed by atoms with Crippen LogP contribution >= 0.6 is 0 Å². The van der Waals surface area contributed by atoms with E-state index in [0.717, 1.165) is 12.8 Å². The van der Waals surface area contributed by atoms with E-state index in [2.05, 4.69) is 15.7 Å². The van der Waals surface area contributed by atoms with Crippen molar-refractivity contribution in [1.82, 2.24) is 4.98 Å². The first kappa shape index (κ1) is 13.5. The van der Waals surface area contributed by atoms with Crippen molar-refractivity contribution in [2.24, 2.45) is 5.84 Å². The second kappa shape index (κ2) is 5.81. The third kappa shape index (κ3) is 3.30. The lowest BCUT2D eigenvalue weighted by molar-refractivity contribution is -0.384. The van der Waals surface area contributed by atoms with E-state index in [-0.39, 0.29) is 23.7 Å². The van der Waals surface area contributed by atoms with Crippen LogP contribution in [0.3, 0.4) is 0 Å². The van der Waals surface area contributed by atoms with Crippen LogP contribution < -0.4 is 16.6 Å². The largest absolute Gasteiger partial charge is 0.378 e. The van der Waals surface area contributed by atoms with Crippen LogP contribution in [0.5, 0.6) is 0 Å². The summed E-state index contributed by atoms with van der Waals surface area (Å²) in [6, 6.07) is 2.92. The Bertz CT molecular complexity index is 462. The third-order valence-electron chi connectivity index (χ3n) is 3.02. The van der Waals surface area contributed by atoms with Crippen LogP contribution in [0.25, 0.3) is 0 Å². The standard InChI is InChI=1S/C11H17N5O3/c1-2-19-9-3-7(4-9)13-10-5-8(16(17)18)6-11(14-10)15-12/h5-7,9H,2-4,12H2,1H3,(H2,13,14,15). The summed E-state index contributed by atoms with van der Waals surface area (Å²) in [6.07, 6.45) is 2.03. The Balaban J connectivity index is 2.00. The van der Waals surface area contributed by atoms with Gasteiger partial charge in [0.1, 0.15) is 11.6 Å². The van der Waals surface area contributed by atoms with Crippen molar-refractivity contribution < 1.29 is 9.66 Å². The second-order valence-corrected chi connectivity index (χ2v) is 4.39. The van der Waals surface area contributed by atoms with E-state index in [1.807, 2.05) is 6.92 Å².